The molecule has 0 aliphatic carbocycles. The van der Waals surface area contributed by atoms with E-state index in [1.54, 1.807) is 25.1 Å². The summed E-state index contributed by atoms with van der Waals surface area (Å²) < 4.78 is 60.3. The Morgan fingerprint density at radius 3 is 2.32 bits per heavy atom. The SMILES string of the molecule is COc1cccc(S(=O)(=O)N(Cc2ccc(F)cc2)c2ccc(C)c(F)c2)c1. The second-order valence-electron chi connectivity index (χ2n) is 6.25. The fraction of sp³-hybridized carbons (Fsp3) is 0.143. The highest BCUT2D eigenvalue weighted by atomic mass is 32.2. The normalized spacial score (nSPS) is 11.3. The van der Waals surface area contributed by atoms with Crippen molar-refractivity contribution in [1.82, 2.24) is 0 Å². The molecule has 0 aliphatic heterocycles. The molecule has 0 saturated carbocycles. The molecule has 4 nitrogen and oxygen atoms in total. The monoisotopic (exact) mass is 403 g/mol. The quantitative estimate of drug-likeness (QED) is 0.601. The van der Waals surface area contributed by atoms with Crippen molar-refractivity contribution in [2.45, 2.75) is 18.4 Å². The van der Waals surface area contributed by atoms with Crippen molar-refractivity contribution in [3.05, 3.63) is 89.5 Å². The van der Waals surface area contributed by atoms with Crippen LogP contribution in [0.5, 0.6) is 5.75 Å². The van der Waals surface area contributed by atoms with Crippen LogP contribution >= 0.6 is 0 Å². The number of rotatable bonds is 6. The van der Waals surface area contributed by atoms with Crippen molar-refractivity contribution in [2.24, 2.45) is 0 Å². The molecule has 0 atom stereocenters. The summed E-state index contributed by atoms with van der Waals surface area (Å²) in [6.45, 7) is 1.52. The minimum Gasteiger partial charge on any atom is -0.497 e. The zero-order valence-electron chi connectivity index (χ0n) is 15.4. The summed E-state index contributed by atoms with van der Waals surface area (Å²) in [7, 11) is -2.59. The van der Waals surface area contributed by atoms with Gasteiger partial charge in [-0.1, -0.05) is 24.3 Å². The van der Waals surface area contributed by atoms with E-state index in [1.165, 1.54) is 55.6 Å². The van der Waals surface area contributed by atoms with Crippen LogP contribution in [0.3, 0.4) is 0 Å². The Morgan fingerprint density at radius 1 is 0.964 bits per heavy atom. The number of sulfonamides is 1. The molecular formula is C21H19F2NO3S. The van der Waals surface area contributed by atoms with E-state index >= 15 is 0 Å². The van der Waals surface area contributed by atoms with E-state index in [0.717, 1.165) is 4.31 Å². The van der Waals surface area contributed by atoms with Crippen LogP contribution in [0.25, 0.3) is 0 Å². The van der Waals surface area contributed by atoms with Gasteiger partial charge in [-0.05, 0) is 54.4 Å². The first-order valence-corrected chi connectivity index (χ1v) is 9.92. The van der Waals surface area contributed by atoms with Gasteiger partial charge in [0, 0.05) is 6.07 Å². The molecule has 146 valence electrons. The molecule has 0 aromatic heterocycles. The zero-order valence-corrected chi connectivity index (χ0v) is 16.2. The number of hydrogen-bond donors (Lipinski definition) is 0. The maximum Gasteiger partial charge on any atom is 0.264 e. The van der Waals surface area contributed by atoms with Crippen LogP contribution in [0.1, 0.15) is 11.1 Å². The number of hydrogen-bond acceptors (Lipinski definition) is 3. The van der Waals surface area contributed by atoms with Gasteiger partial charge in [0.05, 0.1) is 24.2 Å². The molecule has 0 radical (unpaired) electrons. The highest BCUT2D eigenvalue weighted by Gasteiger charge is 2.26. The minimum absolute atomic E-state index is 0.00921. The van der Waals surface area contributed by atoms with Crippen molar-refractivity contribution in [3.63, 3.8) is 0 Å². The van der Waals surface area contributed by atoms with Gasteiger partial charge >= 0.3 is 0 Å². The molecule has 0 heterocycles. The lowest BCUT2D eigenvalue weighted by atomic mass is 10.2. The number of halogens is 2. The number of anilines is 1. The number of benzene rings is 3. The fourth-order valence-electron chi connectivity index (χ4n) is 2.70. The number of nitrogens with zero attached hydrogens (tertiary/aromatic N) is 1. The first-order chi connectivity index (χ1) is 13.3. The van der Waals surface area contributed by atoms with E-state index in [-0.39, 0.29) is 17.1 Å². The maximum absolute atomic E-state index is 14.1. The molecule has 28 heavy (non-hydrogen) atoms. The molecule has 0 N–H and O–H groups in total. The van der Waals surface area contributed by atoms with Crippen LogP contribution in [0, 0.1) is 18.6 Å². The predicted molar refractivity (Wildman–Crippen MR) is 104 cm³/mol. The van der Waals surface area contributed by atoms with Gasteiger partial charge in [-0.2, -0.15) is 0 Å². The molecule has 0 spiro atoms. The van der Waals surface area contributed by atoms with Gasteiger partial charge in [-0.3, -0.25) is 4.31 Å². The third kappa shape index (κ3) is 4.14. The molecule has 0 aliphatic rings. The van der Waals surface area contributed by atoms with Gasteiger partial charge in [0.15, 0.2) is 0 Å². The summed E-state index contributed by atoms with van der Waals surface area (Å²) in [6, 6.07) is 15.8. The lowest BCUT2D eigenvalue weighted by Gasteiger charge is -2.25. The summed E-state index contributed by atoms with van der Waals surface area (Å²) in [5, 5.41) is 0. The van der Waals surface area contributed by atoms with Gasteiger partial charge in [-0.15, -0.1) is 0 Å². The predicted octanol–water partition coefficient (Wildman–Crippen LogP) is 4.68. The highest BCUT2D eigenvalue weighted by molar-refractivity contribution is 7.92. The molecule has 0 bridgehead atoms. The molecule has 0 fully saturated rings. The first-order valence-electron chi connectivity index (χ1n) is 8.48. The number of ether oxygens (including phenoxy) is 1. The van der Waals surface area contributed by atoms with Crippen molar-refractivity contribution in [3.8, 4) is 5.75 Å². The largest absolute Gasteiger partial charge is 0.497 e. The smallest absolute Gasteiger partial charge is 0.264 e. The van der Waals surface area contributed by atoms with Crippen LogP contribution in [-0.2, 0) is 16.6 Å². The molecular weight excluding hydrogens is 384 g/mol. The lowest BCUT2D eigenvalue weighted by Crippen LogP contribution is -2.30. The average molecular weight is 403 g/mol. The van der Waals surface area contributed by atoms with E-state index in [9.17, 15) is 17.2 Å². The molecule has 3 rings (SSSR count). The zero-order chi connectivity index (χ0) is 20.3. The van der Waals surface area contributed by atoms with E-state index in [2.05, 4.69) is 0 Å². The lowest BCUT2D eigenvalue weighted by molar-refractivity contribution is 0.413. The Hall–Kier alpha value is -2.93. The summed E-state index contributed by atoms with van der Waals surface area (Å²) in [4.78, 5) is 0.00921. The van der Waals surface area contributed by atoms with Crippen LogP contribution in [0.15, 0.2) is 71.6 Å². The summed E-state index contributed by atoms with van der Waals surface area (Å²) in [5.74, 6) is -0.548. The Morgan fingerprint density at radius 2 is 1.68 bits per heavy atom. The highest BCUT2D eigenvalue weighted by Crippen LogP contribution is 2.29. The second kappa shape index (κ2) is 7.98. The average Bonchev–Trinajstić information content (AvgIpc) is 2.69. The van der Waals surface area contributed by atoms with Gasteiger partial charge < -0.3 is 4.74 Å². The second-order valence-corrected chi connectivity index (χ2v) is 8.11. The third-order valence-corrected chi connectivity index (χ3v) is 6.08. The van der Waals surface area contributed by atoms with Crippen molar-refractivity contribution < 1.29 is 21.9 Å². The number of aryl methyl sites for hydroxylation is 1. The minimum atomic E-state index is -4.03. The summed E-state index contributed by atoms with van der Waals surface area (Å²) in [5.41, 5.74) is 1.15. The molecule has 3 aromatic rings. The van der Waals surface area contributed by atoms with Crippen LogP contribution < -0.4 is 9.04 Å². The number of methoxy groups -OCH3 is 1. The Bertz CT molecular complexity index is 1080. The third-order valence-electron chi connectivity index (χ3n) is 4.31. The van der Waals surface area contributed by atoms with E-state index in [4.69, 9.17) is 4.74 Å². The molecule has 0 saturated heterocycles. The molecule has 7 heteroatoms. The Balaban J connectivity index is 2.10. The topological polar surface area (TPSA) is 46.6 Å². The molecule has 0 unspecified atom stereocenters. The van der Waals surface area contributed by atoms with Gasteiger partial charge in [0.2, 0.25) is 0 Å². The van der Waals surface area contributed by atoms with Crippen molar-refractivity contribution in [2.75, 3.05) is 11.4 Å². The van der Waals surface area contributed by atoms with Crippen molar-refractivity contribution in [1.29, 1.82) is 0 Å². The van der Waals surface area contributed by atoms with Crippen LogP contribution in [0.2, 0.25) is 0 Å². The fourth-order valence-corrected chi connectivity index (χ4v) is 4.18. The van der Waals surface area contributed by atoms with Crippen LogP contribution in [0.4, 0.5) is 14.5 Å². The van der Waals surface area contributed by atoms with Gasteiger partial charge in [0.1, 0.15) is 17.4 Å². The maximum atomic E-state index is 14.1. The molecule has 0 amide bonds. The summed E-state index contributed by atoms with van der Waals surface area (Å²) >= 11 is 0. The first kappa shape index (κ1) is 19.8. The van der Waals surface area contributed by atoms with Gasteiger partial charge in [0.25, 0.3) is 10.0 Å². The molecule has 3 aromatic carbocycles. The van der Waals surface area contributed by atoms with E-state index in [1.807, 2.05) is 0 Å². The summed E-state index contributed by atoms with van der Waals surface area (Å²) in [6.07, 6.45) is 0. The standard InChI is InChI=1S/C21H19F2NO3S/c1-15-6-11-18(12-21(15)23)24(14-16-7-9-17(22)10-8-16)28(25,26)20-5-3-4-19(13-20)27-2/h3-13H,14H2,1-2H3. The Kier molecular flexibility index (Phi) is 5.65. The Labute approximate surface area is 163 Å². The van der Waals surface area contributed by atoms with Crippen molar-refractivity contribution >= 4 is 15.7 Å². The van der Waals surface area contributed by atoms with Crippen LogP contribution in [-0.4, -0.2) is 15.5 Å². The van der Waals surface area contributed by atoms with Gasteiger partial charge in [-0.25, -0.2) is 17.2 Å². The van der Waals surface area contributed by atoms with E-state index in [0.29, 0.717) is 16.9 Å². The van der Waals surface area contributed by atoms with E-state index < -0.39 is 21.7 Å².